The molecule has 1 aromatic carbocycles. The fourth-order valence-electron chi connectivity index (χ4n) is 2.59. The summed E-state index contributed by atoms with van der Waals surface area (Å²) in [5, 5.41) is 11.9. The second kappa shape index (κ2) is 3.94. The van der Waals surface area contributed by atoms with Crippen molar-refractivity contribution in [3.63, 3.8) is 0 Å². The zero-order chi connectivity index (χ0) is 13.6. The highest BCUT2D eigenvalue weighted by molar-refractivity contribution is 5.98. The second-order valence-electron chi connectivity index (χ2n) is 4.41. The Morgan fingerprint density at radius 3 is 2.84 bits per heavy atom. The van der Waals surface area contributed by atoms with E-state index in [1.54, 1.807) is 18.2 Å². The molecule has 1 atom stereocenters. The molecule has 0 saturated carbocycles. The maximum atomic E-state index is 11.8. The first-order chi connectivity index (χ1) is 9.11. The third-order valence-electron chi connectivity index (χ3n) is 3.38. The van der Waals surface area contributed by atoms with Crippen molar-refractivity contribution in [2.75, 3.05) is 0 Å². The summed E-state index contributed by atoms with van der Waals surface area (Å²) in [6, 6.07) is 5.86. The molecule has 2 N–H and O–H groups in total. The Morgan fingerprint density at radius 2 is 2.16 bits per heavy atom. The van der Waals surface area contributed by atoms with Crippen molar-refractivity contribution < 1.29 is 14.7 Å². The monoisotopic (exact) mass is 258 g/mol. The van der Waals surface area contributed by atoms with E-state index in [4.69, 9.17) is 5.11 Å². The van der Waals surface area contributed by atoms with E-state index >= 15 is 0 Å². The molecule has 0 unspecified atom stereocenters. The topological polar surface area (TPSA) is 88.4 Å². The van der Waals surface area contributed by atoms with Crippen molar-refractivity contribution >= 4 is 23.3 Å². The number of hydrogen-bond acceptors (Lipinski definition) is 3. The van der Waals surface area contributed by atoms with Crippen LogP contribution in [0.5, 0.6) is 0 Å². The molecule has 2 heterocycles. The fourth-order valence-corrected chi connectivity index (χ4v) is 2.59. The second-order valence-corrected chi connectivity index (χ2v) is 4.41. The summed E-state index contributed by atoms with van der Waals surface area (Å²) < 4.78 is 1.50. The smallest absolute Gasteiger partial charge is 0.405 e. The highest BCUT2D eigenvalue weighted by Gasteiger charge is 2.27. The molecule has 1 amide bonds. The molecule has 1 aliphatic rings. The minimum atomic E-state index is -1.14. The molecule has 0 aliphatic carbocycles. The number of hydrogen-bond donors (Lipinski definition) is 2. The van der Waals surface area contributed by atoms with Crippen LogP contribution in [0.25, 0.3) is 10.9 Å². The van der Waals surface area contributed by atoms with Crippen LogP contribution < -0.4 is 10.9 Å². The SMILES string of the molecule is O=Cc1ccc2c3c1ccc(=O)n3C[C@@H]2NC(=O)O. The molecule has 0 spiro atoms. The van der Waals surface area contributed by atoms with Crippen molar-refractivity contribution in [1.82, 2.24) is 9.88 Å². The molecule has 19 heavy (non-hydrogen) atoms. The maximum Gasteiger partial charge on any atom is 0.405 e. The summed E-state index contributed by atoms with van der Waals surface area (Å²) in [4.78, 5) is 33.6. The number of nitrogens with zero attached hydrogens (tertiary/aromatic N) is 1. The molecule has 6 heteroatoms. The van der Waals surface area contributed by atoms with Crippen LogP contribution in [0.3, 0.4) is 0 Å². The Kier molecular flexibility index (Phi) is 2.38. The van der Waals surface area contributed by atoms with Crippen LogP contribution in [0.2, 0.25) is 0 Å². The predicted octanol–water partition coefficient (Wildman–Crippen LogP) is 1.14. The Morgan fingerprint density at radius 1 is 1.37 bits per heavy atom. The third kappa shape index (κ3) is 1.61. The van der Waals surface area contributed by atoms with Gasteiger partial charge in [-0.3, -0.25) is 9.59 Å². The standard InChI is InChI=1S/C13H10N2O4/c16-6-7-1-2-9-10(14-13(18)19)5-15-11(17)4-3-8(7)12(9)15/h1-4,6,10,14H,5H2,(H,18,19)/t10-/m0/s1. The highest BCUT2D eigenvalue weighted by atomic mass is 16.4. The molecule has 6 nitrogen and oxygen atoms in total. The molecule has 1 aromatic heterocycles. The number of carboxylic acid groups (broad SMARTS) is 1. The van der Waals surface area contributed by atoms with Gasteiger partial charge in [0, 0.05) is 22.6 Å². The average molecular weight is 258 g/mol. The fraction of sp³-hybridized carbons (Fsp3) is 0.154. The number of rotatable bonds is 2. The molecule has 2 aromatic rings. The summed E-state index contributed by atoms with van der Waals surface area (Å²) in [6.07, 6.45) is -0.412. The van der Waals surface area contributed by atoms with Crippen LogP contribution in [0, 0.1) is 0 Å². The third-order valence-corrected chi connectivity index (χ3v) is 3.38. The predicted molar refractivity (Wildman–Crippen MR) is 67.5 cm³/mol. The van der Waals surface area contributed by atoms with Crippen molar-refractivity contribution in [2.24, 2.45) is 0 Å². The van der Waals surface area contributed by atoms with Gasteiger partial charge in [0.1, 0.15) is 0 Å². The van der Waals surface area contributed by atoms with Gasteiger partial charge in [0.15, 0.2) is 6.29 Å². The number of aldehydes is 1. The van der Waals surface area contributed by atoms with E-state index < -0.39 is 12.1 Å². The number of amides is 1. The maximum absolute atomic E-state index is 11.8. The zero-order valence-electron chi connectivity index (χ0n) is 9.79. The summed E-state index contributed by atoms with van der Waals surface area (Å²) >= 11 is 0. The highest BCUT2D eigenvalue weighted by Crippen LogP contribution is 2.32. The number of nitrogens with one attached hydrogen (secondary N) is 1. The van der Waals surface area contributed by atoms with E-state index in [-0.39, 0.29) is 12.1 Å². The number of pyridine rings is 1. The Hall–Kier alpha value is -2.63. The van der Waals surface area contributed by atoms with Gasteiger partial charge in [0.25, 0.3) is 5.56 Å². The van der Waals surface area contributed by atoms with Crippen molar-refractivity contribution in [2.45, 2.75) is 12.6 Å². The lowest BCUT2D eigenvalue weighted by Gasteiger charge is -2.10. The van der Waals surface area contributed by atoms with Crippen LogP contribution in [-0.4, -0.2) is 22.1 Å². The minimum Gasteiger partial charge on any atom is -0.465 e. The van der Waals surface area contributed by atoms with Crippen molar-refractivity contribution in [1.29, 1.82) is 0 Å². The van der Waals surface area contributed by atoms with E-state index in [0.717, 1.165) is 11.8 Å². The Bertz CT molecular complexity index is 763. The molecular weight excluding hydrogens is 248 g/mol. The van der Waals surface area contributed by atoms with E-state index in [0.29, 0.717) is 16.5 Å². The Labute approximate surface area is 107 Å². The minimum absolute atomic E-state index is 0.202. The molecule has 0 bridgehead atoms. The van der Waals surface area contributed by atoms with Crippen LogP contribution in [-0.2, 0) is 6.54 Å². The van der Waals surface area contributed by atoms with Crippen LogP contribution in [0.15, 0.2) is 29.1 Å². The van der Waals surface area contributed by atoms with Gasteiger partial charge in [0.05, 0.1) is 18.1 Å². The van der Waals surface area contributed by atoms with Gasteiger partial charge in [-0.2, -0.15) is 0 Å². The first-order valence-electron chi connectivity index (χ1n) is 5.73. The lowest BCUT2D eigenvalue weighted by molar-refractivity contribution is 0.112. The van der Waals surface area contributed by atoms with E-state index in [2.05, 4.69) is 5.32 Å². The number of benzene rings is 1. The van der Waals surface area contributed by atoms with E-state index in [1.165, 1.54) is 10.6 Å². The van der Waals surface area contributed by atoms with Gasteiger partial charge < -0.3 is 15.0 Å². The summed E-state index contributed by atoms with van der Waals surface area (Å²) in [6.45, 7) is 0.250. The number of aromatic nitrogens is 1. The molecule has 0 saturated heterocycles. The molecule has 0 fully saturated rings. The molecule has 0 radical (unpaired) electrons. The van der Waals surface area contributed by atoms with Gasteiger partial charge in [-0.25, -0.2) is 4.79 Å². The average Bonchev–Trinajstić information content (AvgIpc) is 2.74. The van der Waals surface area contributed by atoms with Crippen LogP contribution in [0.1, 0.15) is 22.0 Å². The lowest BCUT2D eigenvalue weighted by Crippen LogP contribution is -2.28. The van der Waals surface area contributed by atoms with Gasteiger partial charge >= 0.3 is 6.09 Å². The van der Waals surface area contributed by atoms with Crippen molar-refractivity contribution in [3.8, 4) is 0 Å². The van der Waals surface area contributed by atoms with Gasteiger partial charge in [-0.1, -0.05) is 12.1 Å². The summed E-state index contributed by atoms with van der Waals surface area (Å²) in [5.74, 6) is 0. The van der Waals surface area contributed by atoms with Gasteiger partial charge in [0.2, 0.25) is 0 Å². The largest absolute Gasteiger partial charge is 0.465 e. The first-order valence-corrected chi connectivity index (χ1v) is 5.73. The Balaban J connectivity index is 2.31. The normalized spacial score (nSPS) is 16.5. The lowest BCUT2D eigenvalue weighted by atomic mass is 10.0. The van der Waals surface area contributed by atoms with E-state index in [9.17, 15) is 14.4 Å². The van der Waals surface area contributed by atoms with E-state index in [1.807, 2.05) is 0 Å². The molecule has 1 aliphatic heterocycles. The van der Waals surface area contributed by atoms with Crippen LogP contribution >= 0.6 is 0 Å². The first kappa shape index (κ1) is 11.5. The van der Waals surface area contributed by atoms with Gasteiger partial charge in [-0.05, 0) is 6.07 Å². The summed E-state index contributed by atoms with van der Waals surface area (Å²) in [7, 11) is 0. The number of carbonyl (C=O) groups is 2. The summed E-state index contributed by atoms with van der Waals surface area (Å²) in [5.41, 5.74) is 1.64. The van der Waals surface area contributed by atoms with Crippen LogP contribution in [0.4, 0.5) is 4.79 Å². The zero-order valence-corrected chi connectivity index (χ0v) is 9.79. The molecular formula is C13H10N2O4. The van der Waals surface area contributed by atoms with Crippen molar-refractivity contribution in [3.05, 3.63) is 45.7 Å². The van der Waals surface area contributed by atoms with Gasteiger partial charge in [-0.15, -0.1) is 0 Å². The number of carbonyl (C=O) groups excluding carboxylic acids is 1. The molecule has 96 valence electrons. The molecule has 3 rings (SSSR count). The quantitative estimate of drug-likeness (QED) is 0.790.